The van der Waals surface area contributed by atoms with Crippen LogP contribution in [-0.4, -0.2) is 38.2 Å². The fraction of sp³-hybridized carbons (Fsp3) is 0.290. The van der Waals surface area contributed by atoms with Gasteiger partial charge in [-0.15, -0.1) is 0 Å². The normalized spacial score (nSPS) is 16.4. The highest BCUT2D eigenvalue weighted by Crippen LogP contribution is 2.37. The van der Waals surface area contributed by atoms with Crippen LogP contribution >= 0.6 is 0 Å². The second-order valence-corrected chi connectivity index (χ2v) is 10.6. The molecule has 1 aliphatic heterocycles. The molecule has 4 N–H and O–H groups in total. The molecule has 2 aromatic carbocycles. The standard InChI is InChI=1S/C31H31F2N7O3/c1-2-40-28-25(18-35-40)27(36-21-6-4-3-5-7-21)24(17-34-28)26-16-31(43-39-26,29(41)37-22-12-8-19(32)9-13-22)30(42)38-23-14-10-20(33)11-15-23/h8-18,21,39H,2-7H2,1H3,(H,34,36)(H,37,41)(H,38,42). The number of carbonyl (C=O) groups excluding carboxylic acids is 2. The number of hydrogen-bond acceptors (Lipinski definition) is 7. The van der Waals surface area contributed by atoms with E-state index in [0.717, 1.165) is 36.8 Å². The van der Waals surface area contributed by atoms with Gasteiger partial charge >= 0.3 is 0 Å². The Kier molecular flexibility index (Phi) is 7.76. The topological polar surface area (TPSA) is 122 Å². The van der Waals surface area contributed by atoms with Crippen molar-refractivity contribution < 1.29 is 23.2 Å². The molecule has 12 heteroatoms. The van der Waals surface area contributed by atoms with Crippen LogP contribution in [0, 0.1) is 11.6 Å². The highest BCUT2D eigenvalue weighted by atomic mass is 19.1. The van der Waals surface area contributed by atoms with Crippen LogP contribution in [0.1, 0.15) is 44.6 Å². The molecule has 10 nitrogen and oxygen atoms in total. The summed E-state index contributed by atoms with van der Waals surface area (Å²) in [4.78, 5) is 38.0. The van der Waals surface area contributed by atoms with E-state index in [-0.39, 0.29) is 17.4 Å². The van der Waals surface area contributed by atoms with Crippen molar-refractivity contribution in [1.82, 2.24) is 20.2 Å². The second kappa shape index (κ2) is 11.8. The number of fused-ring (bicyclic) bond motifs is 1. The summed E-state index contributed by atoms with van der Waals surface area (Å²) in [5.41, 5.74) is 3.55. The van der Waals surface area contributed by atoms with Gasteiger partial charge in [-0.2, -0.15) is 5.10 Å². The van der Waals surface area contributed by atoms with Gasteiger partial charge in [0, 0.05) is 35.7 Å². The SMILES string of the molecule is CCn1ncc2c(NC3CCCCC3)c(C3=CC(C(=O)Nc4ccc(F)cc4)(C(=O)Nc4ccc(F)cc4)ON3)cnc21. The lowest BCUT2D eigenvalue weighted by Gasteiger charge is -2.25. The highest BCUT2D eigenvalue weighted by molar-refractivity contribution is 6.20. The Morgan fingerprint density at radius 3 is 2.14 bits per heavy atom. The number of nitrogens with one attached hydrogen (secondary N) is 4. The average molecular weight is 588 g/mol. The van der Waals surface area contributed by atoms with Crippen LogP contribution < -0.4 is 21.4 Å². The largest absolute Gasteiger partial charge is 0.381 e. The maximum atomic E-state index is 13.8. The second-order valence-electron chi connectivity index (χ2n) is 10.6. The van der Waals surface area contributed by atoms with E-state index in [1.165, 1.54) is 61.0 Å². The first-order valence-corrected chi connectivity index (χ1v) is 14.3. The van der Waals surface area contributed by atoms with Gasteiger partial charge in [0.05, 0.1) is 23.0 Å². The number of aromatic nitrogens is 3. The molecule has 1 fully saturated rings. The van der Waals surface area contributed by atoms with E-state index in [1.807, 2.05) is 6.92 Å². The monoisotopic (exact) mass is 587 g/mol. The lowest BCUT2D eigenvalue weighted by atomic mass is 9.94. The van der Waals surface area contributed by atoms with Crippen LogP contribution in [0.3, 0.4) is 0 Å². The number of halogens is 2. The number of amides is 2. The lowest BCUT2D eigenvalue weighted by Crippen LogP contribution is -2.52. The number of benzene rings is 2. The van der Waals surface area contributed by atoms with Gasteiger partial charge in [0.2, 0.25) is 0 Å². The summed E-state index contributed by atoms with van der Waals surface area (Å²) in [6.07, 6.45) is 10.3. The molecule has 3 heterocycles. The van der Waals surface area contributed by atoms with Crippen molar-refractivity contribution in [3.8, 4) is 0 Å². The van der Waals surface area contributed by atoms with Crippen molar-refractivity contribution >= 4 is 45.6 Å². The molecule has 2 aliphatic rings. The van der Waals surface area contributed by atoms with Crippen LogP contribution in [0.5, 0.6) is 0 Å². The minimum Gasteiger partial charge on any atom is -0.381 e. The van der Waals surface area contributed by atoms with Gasteiger partial charge in [-0.3, -0.25) is 15.1 Å². The first-order valence-electron chi connectivity index (χ1n) is 14.3. The molecule has 6 rings (SSSR count). The molecule has 0 spiro atoms. The first-order chi connectivity index (χ1) is 20.9. The van der Waals surface area contributed by atoms with E-state index in [0.29, 0.717) is 23.5 Å². The quantitative estimate of drug-likeness (QED) is 0.205. The van der Waals surface area contributed by atoms with Gasteiger partial charge < -0.3 is 16.0 Å². The number of pyridine rings is 1. The van der Waals surface area contributed by atoms with Crippen molar-refractivity contribution in [3.63, 3.8) is 0 Å². The smallest absolute Gasteiger partial charge is 0.273 e. The van der Waals surface area contributed by atoms with Crippen molar-refractivity contribution in [2.45, 2.75) is 57.2 Å². The molecule has 0 radical (unpaired) electrons. The molecule has 4 aromatic rings. The molecular formula is C31H31F2N7O3. The third-order valence-electron chi connectivity index (χ3n) is 7.76. The van der Waals surface area contributed by atoms with Gasteiger partial charge in [0.15, 0.2) is 5.65 Å². The summed E-state index contributed by atoms with van der Waals surface area (Å²) < 4.78 is 28.8. The zero-order valence-electron chi connectivity index (χ0n) is 23.5. The van der Waals surface area contributed by atoms with E-state index in [9.17, 15) is 18.4 Å². The van der Waals surface area contributed by atoms with E-state index in [2.05, 4.69) is 31.5 Å². The maximum Gasteiger partial charge on any atom is 0.273 e. The summed E-state index contributed by atoms with van der Waals surface area (Å²) >= 11 is 0. The Morgan fingerprint density at radius 2 is 1.56 bits per heavy atom. The Morgan fingerprint density at radius 1 is 0.953 bits per heavy atom. The zero-order chi connectivity index (χ0) is 30.0. The average Bonchev–Trinajstić information content (AvgIpc) is 3.66. The van der Waals surface area contributed by atoms with Gasteiger partial charge in [0.1, 0.15) is 11.6 Å². The van der Waals surface area contributed by atoms with Crippen LogP contribution in [0.15, 0.2) is 67.0 Å². The molecule has 0 bridgehead atoms. The number of carbonyl (C=O) groups is 2. The molecule has 0 unspecified atom stereocenters. The van der Waals surface area contributed by atoms with Gasteiger partial charge in [0.25, 0.3) is 17.4 Å². The summed E-state index contributed by atoms with van der Waals surface area (Å²) in [6.45, 7) is 2.62. The van der Waals surface area contributed by atoms with E-state index >= 15 is 0 Å². The van der Waals surface area contributed by atoms with Crippen molar-refractivity contribution in [2.24, 2.45) is 0 Å². The number of hydroxylamine groups is 1. The molecule has 0 atom stereocenters. The van der Waals surface area contributed by atoms with Gasteiger partial charge in [-0.1, -0.05) is 19.3 Å². The molecular weight excluding hydrogens is 556 g/mol. The molecule has 1 saturated carbocycles. The number of hydrogen-bond donors (Lipinski definition) is 4. The predicted octanol–water partition coefficient (Wildman–Crippen LogP) is 5.37. The molecule has 2 aromatic heterocycles. The molecule has 222 valence electrons. The Labute approximate surface area is 246 Å². The van der Waals surface area contributed by atoms with Crippen molar-refractivity contribution in [1.29, 1.82) is 0 Å². The maximum absolute atomic E-state index is 13.8. The zero-order valence-corrected chi connectivity index (χ0v) is 23.5. The Bertz CT molecular complexity index is 1620. The predicted molar refractivity (Wildman–Crippen MR) is 159 cm³/mol. The Balaban J connectivity index is 1.41. The number of rotatable bonds is 8. The minimum atomic E-state index is -2.19. The van der Waals surface area contributed by atoms with E-state index in [1.54, 1.807) is 17.1 Å². The highest BCUT2D eigenvalue weighted by Gasteiger charge is 2.51. The van der Waals surface area contributed by atoms with Gasteiger partial charge in [-0.05, 0) is 74.4 Å². The number of nitrogens with zero attached hydrogens (tertiary/aromatic N) is 3. The lowest BCUT2D eigenvalue weighted by molar-refractivity contribution is -0.150. The van der Waals surface area contributed by atoms with Crippen molar-refractivity contribution in [2.75, 3.05) is 16.0 Å². The molecule has 0 saturated heterocycles. The van der Waals surface area contributed by atoms with Gasteiger partial charge in [-0.25, -0.2) is 23.3 Å². The third kappa shape index (κ3) is 5.65. The number of anilines is 3. The third-order valence-corrected chi connectivity index (χ3v) is 7.76. The van der Waals surface area contributed by atoms with E-state index in [4.69, 9.17) is 4.84 Å². The molecule has 2 amide bonds. The molecule has 43 heavy (non-hydrogen) atoms. The Hall–Kier alpha value is -4.84. The number of aryl methyl sites for hydroxylation is 1. The fourth-order valence-corrected chi connectivity index (χ4v) is 5.44. The summed E-state index contributed by atoms with van der Waals surface area (Å²) in [5, 5.41) is 14.3. The summed E-state index contributed by atoms with van der Waals surface area (Å²) in [5.74, 6) is -2.60. The molecule has 1 aliphatic carbocycles. The fourth-order valence-electron chi connectivity index (χ4n) is 5.44. The van der Waals surface area contributed by atoms with Crippen molar-refractivity contribution in [3.05, 3.63) is 84.2 Å². The minimum absolute atomic E-state index is 0.235. The summed E-state index contributed by atoms with van der Waals surface area (Å²) in [6, 6.07) is 10.5. The van der Waals surface area contributed by atoms with Crippen LogP contribution in [0.2, 0.25) is 0 Å². The van der Waals surface area contributed by atoms with Crippen LogP contribution in [0.4, 0.5) is 25.8 Å². The van der Waals surface area contributed by atoms with Crippen LogP contribution in [0.25, 0.3) is 16.7 Å². The van der Waals surface area contributed by atoms with E-state index < -0.39 is 29.0 Å². The van der Waals surface area contributed by atoms with Crippen LogP contribution in [-0.2, 0) is 21.0 Å². The first kappa shape index (κ1) is 28.3. The summed E-state index contributed by atoms with van der Waals surface area (Å²) in [7, 11) is 0.